The molecule has 156 valence electrons. The molecule has 5 amide bonds. The fraction of sp³-hybridized carbons (Fsp3) is 0.200. The molecule has 0 spiro atoms. The highest BCUT2D eigenvalue weighted by molar-refractivity contribution is 6.30. The van der Waals surface area contributed by atoms with Crippen molar-refractivity contribution in [3.05, 3.63) is 53.6 Å². The van der Waals surface area contributed by atoms with Gasteiger partial charge >= 0.3 is 6.03 Å². The summed E-state index contributed by atoms with van der Waals surface area (Å²) in [5, 5.41) is 8.33. The van der Waals surface area contributed by atoms with Crippen LogP contribution in [0.2, 0.25) is 5.02 Å². The Labute approximate surface area is 177 Å². The van der Waals surface area contributed by atoms with E-state index in [9.17, 15) is 19.2 Å². The van der Waals surface area contributed by atoms with Crippen LogP contribution in [0.25, 0.3) is 0 Å². The molecule has 1 aliphatic rings. The zero-order chi connectivity index (χ0) is 21.5. The maximum Gasteiger partial charge on any atom is 0.324 e. The predicted octanol–water partition coefficient (Wildman–Crippen LogP) is 2.24. The van der Waals surface area contributed by atoms with Gasteiger partial charge in [0.15, 0.2) is 6.61 Å². The lowest BCUT2D eigenvalue weighted by atomic mass is 10.2. The van der Waals surface area contributed by atoms with Crippen LogP contribution in [0.1, 0.15) is 6.42 Å². The van der Waals surface area contributed by atoms with E-state index >= 15 is 0 Å². The number of carbonyl (C=O) groups is 4. The van der Waals surface area contributed by atoms with Crippen molar-refractivity contribution in [3.63, 3.8) is 0 Å². The van der Waals surface area contributed by atoms with Gasteiger partial charge in [0.2, 0.25) is 11.8 Å². The number of nitrogens with zero attached hydrogens (tertiary/aromatic N) is 1. The van der Waals surface area contributed by atoms with Crippen molar-refractivity contribution in [3.8, 4) is 5.75 Å². The first-order valence-corrected chi connectivity index (χ1v) is 9.45. The third-order valence-corrected chi connectivity index (χ3v) is 4.39. The molecule has 0 aliphatic carbocycles. The molecule has 2 aromatic rings. The summed E-state index contributed by atoms with van der Waals surface area (Å²) in [4.78, 5) is 47.9. The Hall–Kier alpha value is -3.59. The molecule has 0 unspecified atom stereocenters. The molecule has 1 fully saturated rings. The van der Waals surface area contributed by atoms with Gasteiger partial charge in [0.25, 0.3) is 5.91 Å². The number of hydrogen-bond acceptors (Lipinski definition) is 5. The van der Waals surface area contributed by atoms with Gasteiger partial charge in [-0.25, -0.2) is 4.79 Å². The molecule has 9 nitrogen and oxygen atoms in total. The molecule has 2 aromatic carbocycles. The third kappa shape index (κ3) is 5.95. The molecule has 0 aromatic heterocycles. The van der Waals surface area contributed by atoms with Crippen LogP contribution in [0.3, 0.4) is 0 Å². The maximum absolute atomic E-state index is 12.0. The Morgan fingerprint density at radius 1 is 0.967 bits per heavy atom. The van der Waals surface area contributed by atoms with Crippen molar-refractivity contribution in [2.75, 3.05) is 30.3 Å². The summed E-state index contributed by atoms with van der Waals surface area (Å²) in [5.74, 6) is -0.500. The second-order valence-corrected chi connectivity index (χ2v) is 6.81. The number of anilines is 2. The molecule has 0 radical (unpaired) electrons. The lowest BCUT2D eigenvalue weighted by Crippen LogP contribution is -2.33. The summed E-state index contributed by atoms with van der Waals surface area (Å²) in [6.07, 6.45) is -0.0142. The minimum atomic E-state index is -0.493. The zero-order valence-corrected chi connectivity index (χ0v) is 16.6. The average molecular weight is 431 g/mol. The Morgan fingerprint density at radius 2 is 1.57 bits per heavy atom. The lowest BCUT2D eigenvalue weighted by Gasteiger charge is -2.12. The number of carbonyl (C=O) groups excluding carboxylic acids is 4. The number of halogens is 1. The van der Waals surface area contributed by atoms with Gasteiger partial charge in [-0.05, 0) is 48.5 Å². The van der Waals surface area contributed by atoms with E-state index in [1.165, 1.54) is 0 Å². The van der Waals surface area contributed by atoms with Crippen molar-refractivity contribution in [2.45, 2.75) is 6.42 Å². The monoisotopic (exact) mass is 430 g/mol. The Bertz CT molecular complexity index is 931. The summed E-state index contributed by atoms with van der Waals surface area (Å²) in [7, 11) is 0. The van der Waals surface area contributed by atoms with Crippen LogP contribution in [-0.4, -0.2) is 48.3 Å². The minimum Gasteiger partial charge on any atom is -0.484 e. The van der Waals surface area contributed by atoms with Gasteiger partial charge in [-0.2, -0.15) is 0 Å². The van der Waals surface area contributed by atoms with Gasteiger partial charge in [0.1, 0.15) is 5.75 Å². The summed E-state index contributed by atoms with van der Waals surface area (Å²) >= 11 is 5.79. The lowest BCUT2D eigenvalue weighted by molar-refractivity contribution is -0.125. The van der Waals surface area contributed by atoms with Crippen molar-refractivity contribution in [2.24, 2.45) is 0 Å². The van der Waals surface area contributed by atoms with E-state index < -0.39 is 6.03 Å². The van der Waals surface area contributed by atoms with E-state index in [0.717, 1.165) is 4.90 Å². The molecule has 0 atom stereocenters. The quantitative estimate of drug-likeness (QED) is 0.555. The first kappa shape index (κ1) is 21.1. The van der Waals surface area contributed by atoms with Crippen LogP contribution in [0.5, 0.6) is 5.75 Å². The number of nitrogens with one attached hydrogen (secondary N) is 3. The summed E-state index contributed by atoms with van der Waals surface area (Å²) in [5.41, 5.74) is 1.06. The van der Waals surface area contributed by atoms with Crippen molar-refractivity contribution in [1.29, 1.82) is 0 Å². The topological polar surface area (TPSA) is 117 Å². The number of hydrogen-bond donors (Lipinski definition) is 3. The van der Waals surface area contributed by atoms with Gasteiger partial charge in [0, 0.05) is 29.4 Å². The number of amides is 5. The fourth-order valence-electron chi connectivity index (χ4n) is 2.63. The third-order valence-electron chi connectivity index (χ3n) is 4.14. The molecule has 10 heteroatoms. The fourth-order valence-corrected chi connectivity index (χ4v) is 2.76. The largest absolute Gasteiger partial charge is 0.484 e. The molecule has 1 heterocycles. The van der Waals surface area contributed by atoms with Crippen molar-refractivity contribution in [1.82, 2.24) is 10.2 Å². The first-order chi connectivity index (χ1) is 14.4. The molecule has 3 rings (SSSR count). The Morgan fingerprint density at radius 3 is 2.13 bits per heavy atom. The SMILES string of the molecule is O=C(CCN1C(=O)CNC1=O)Nc1ccc(NC(=O)COc2ccc(Cl)cc2)cc1. The molecular weight excluding hydrogens is 412 g/mol. The Kier molecular flexibility index (Phi) is 6.87. The highest BCUT2D eigenvalue weighted by Gasteiger charge is 2.28. The van der Waals surface area contributed by atoms with Gasteiger partial charge in [0.05, 0.1) is 6.54 Å². The van der Waals surface area contributed by atoms with Gasteiger partial charge in [-0.1, -0.05) is 11.6 Å². The first-order valence-electron chi connectivity index (χ1n) is 9.07. The van der Waals surface area contributed by atoms with Crippen LogP contribution in [0.15, 0.2) is 48.5 Å². The van der Waals surface area contributed by atoms with Crippen LogP contribution < -0.4 is 20.7 Å². The van der Waals surface area contributed by atoms with Gasteiger partial charge in [-0.3, -0.25) is 19.3 Å². The standard InChI is InChI=1S/C20H19ClN4O5/c21-13-1-7-16(8-2-13)30-12-18(27)24-15-5-3-14(4-6-15)23-17(26)9-10-25-19(28)11-22-20(25)29/h1-8H,9-12H2,(H,22,29)(H,23,26)(H,24,27). The van der Waals surface area contributed by atoms with Crippen LogP contribution in [-0.2, 0) is 14.4 Å². The second kappa shape index (κ2) is 9.75. The predicted molar refractivity (Wildman–Crippen MR) is 110 cm³/mol. The smallest absolute Gasteiger partial charge is 0.324 e. The molecule has 1 saturated heterocycles. The van der Waals surface area contributed by atoms with E-state index in [-0.39, 0.29) is 43.8 Å². The van der Waals surface area contributed by atoms with Crippen molar-refractivity contribution < 1.29 is 23.9 Å². The van der Waals surface area contributed by atoms with E-state index in [1.807, 2.05) is 0 Å². The highest BCUT2D eigenvalue weighted by Crippen LogP contribution is 2.16. The molecule has 1 aliphatic heterocycles. The molecule has 0 bridgehead atoms. The molecule has 30 heavy (non-hydrogen) atoms. The maximum atomic E-state index is 12.0. The van der Waals surface area contributed by atoms with Crippen molar-refractivity contribution >= 4 is 46.7 Å². The van der Waals surface area contributed by atoms with E-state index in [0.29, 0.717) is 22.1 Å². The number of urea groups is 1. The van der Waals surface area contributed by atoms with Gasteiger partial charge < -0.3 is 20.7 Å². The van der Waals surface area contributed by atoms with E-state index in [2.05, 4.69) is 16.0 Å². The molecule has 0 saturated carbocycles. The Balaban J connectivity index is 1.42. The zero-order valence-electron chi connectivity index (χ0n) is 15.8. The highest BCUT2D eigenvalue weighted by atomic mass is 35.5. The second-order valence-electron chi connectivity index (χ2n) is 6.37. The van der Waals surface area contributed by atoms with Crippen LogP contribution in [0, 0.1) is 0 Å². The molecular formula is C20H19ClN4O5. The van der Waals surface area contributed by atoms with Crippen LogP contribution in [0.4, 0.5) is 16.2 Å². The normalized spacial score (nSPS) is 13.0. The van der Waals surface area contributed by atoms with E-state index in [4.69, 9.17) is 16.3 Å². The molecule has 3 N–H and O–H groups in total. The number of rotatable bonds is 8. The summed E-state index contributed by atoms with van der Waals surface area (Å²) < 4.78 is 5.37. The number of benzene rings is 2. The average Bonchev–Trinajstić information content (AvgIpc) is 3.05. The number of ether oxygens (including phenoxy) is 1. The van der Waals surface area contributed by atoms with Gasteiger partial charge in [-0.15, -0.1) is 0 Å². The number of imide groups is 1. The van der Waals surface area contributed by atoms with E-state index in [1.54, 1.807) is 48.5 Å². The summed E-state index contributed by atoms with van der Waals surface area (Å²) in [6, 6.07) is 12.7. The summed E-state index contributed by atoms with van der Waals surface area (Å²) in [6.45, 7) is -0.195. The van der Waals surface area contributed by atoms with Crippen LogP contribution >= 0.6 is 11.6 Å². The minimum absolute atomic E-state index is 0.0122.